The summed E-state index contributed by atoms with van der Waals surface area (Å²) >= 11 is 4.20. The van der Waals surface area contributed by atoms with E-state index in [-0.39, 0.29) is 17.2 Å². The molecule has 0 spiro atoms. The van der Waals surface area contributed by atoms with Crippen LogP contribution in [0.5, 0.6) is 0 Å². The number of rotatable bonds is 5. The first kappa shape index (κ1) is 18.6. The topological polar surface area (TPSA) is 101 Å². The highest BCUT2D eigenvalue weighted by atomic mass is 32.2. The van der Waals surface area contributed by atoms with Crippen molar-refractivity contribution in [3.63, 3.8) is 0 Å². The molecule has 0 saturated carbocycles. The van der Waals surface area contributed by atoms with Gasteiger partial charge in [0, 0.05) is 4.88 Å². The molecule has 4 rings (SSSR count). The van der Waals surface area contributed by atoms with Crippen molar-refractivity contribution in [1.29, 1.82) is 0 Å². The fourth-order valence-corrected chi connectivity index (χ4v) is 5.93. The van der Waals surface area contributed by atoms with Crippen molar-refractivity contribution in [1.82, 2.24) is 20.2 Å². The second-order valence-corrected chi connectivity index (χ2v) is 9.70. The molecular formula is C17H19N5O2S3. The second kappa shape index (κ2) is 7.69. The van der Waals surface area contributed by atoms with Crippen LogP contribution in [0.2, 0.25) is 0 Å². The SMILES string of the molecule is CCc1nnc(NC(=O)CSc2nc3sc4c(c3c(=O)[nH]2)CCC(C)C4)s1. The van der Waals surface area contributed by atoms with E-state index in [1.54, 1.807) is 11.3 Å². The zero-order chi connectivity index (χ0) is 19.0. The van der Waals surface area contributed by atoms with Crippen molar-refractivity contribution in [3.8, 4) is 0 Å². The van der Waals surface area contributed by atoms with Crippen molar-refractivity contribution in [3.05, 3.63) is 25.8 Å². The molecule has 0 aliphatic heterocycles. The van der Waals surface area contributed by atoms with Gasteiger partial charge < -0.3 is 4.98 Å². The predicted octanol–water partition coefficient (Wildman–Crippen LogP) is 3.25. The Kier molecular flexibility index (Phi) is 5.29. The minimum atomic E-state index is -0.194. The average Bonchev–Trinajstić information content (AvgIpc) is 3.23. The average molecular weight is 422 g/mol. The van der Waals surface area contributed by atoms with E-state index in [0.29, 0.717) is 16.2 Å². The lowest BCUT2D eigenvalue weighted by atomic mass is 9.89. The Morgan fingerprint density at radius 3 is 3.00 bits per heavy atom. The van der Waals surface area contributed by atoms with E-state index in [9.17, 15) is 9.59 Å². The summed E-state index contributed by atoms with van der Waals surface area (Å²) in [7, 11) is 0. The van der Waals surface area contributed by atoms with E-state index < -0.39 is 0 Å². The van der Waals surface area contributed by atoms with Gasteiger partial charge in [-0.25, -0.2) is 4.98 Å². The molecule has 142 valence electrons. The zero-order valence-corrected chi connectivity index (χ0v) is 17.4. The molecule has 0 bridgehead atoms. The summed E-state index contributed by atoms with van der Waals surface area (Å²) in [6.07, 6.45) is 3.86. The fraction of sp³-hybridized carbons (Fsp3) is 0.471. The number of aryl methyl sites for hydroxylation is 2. The molecule has 1 aliphatic carbocycles. The fourth-order valence-electron chi connectivity index (χ4n) is 3.13. The first-order valence-corrected chi connectivity index (χ1v) is 11.4. The molecule has 1 aliphatic rings. The minimum Gasteiger partial charge on any atom is -0.301 e. The molecule has 0 saturated heterocycles. The highest BCUT2D eigenvalue weighted by molar-refractivity contribution is 7.99. The summed E-state index contributed by atoms with van der Waals surface area (Å²) in [6, 6.07) is 0. The van der Waals surface area contributed by atoms with Crippen molar-refractivity contribution in [2.24, 2.45) is 5.92 Å². The molecule has 1 amide bonds. The molecule has 7 nitrogen and oxygen atoms in total. The van der Waals surface area contributed by atoms with Gasteiger partial charge in [-0.1, -0.05) is 36.9 Å². The number of H-pyrrole nitrogens is 1. The summed E-state index contributed by atoms with van der Waals surface area (Å²) in [5.41, 5.74) is 1.06. The van der Waals surface area contributed by atoms with Gasteiger partial charge in [0.25, 0.3) is 5.56 Å². The Balaban J connectivity index is 1.47. The molecule has 27 heavy (non-hydrogen) atoms. The second-order valence-electron chi connectivity index (χ2n) is 6.59. The van der Waals surface area contributed by atoms with Crippen LogP contribution in [-0.4, -0.2) is 31.8 Å². The highest BCUT2D eigenvalue weighted by Crippen LogP contribution is 2.36. The first-order chi connectivity index (χ1) is 13.0. The number of thioether (sulfide) groups is 1. The van der Waals surface area contributed by atoms with Crippen LogP contribution in [0.4, 0.5) is 5.13 Å². The molecule has 3 aromatic rings. The number of thiophene rings is 1. The van der Waals surface area contributed by atoms with Gasteiger partial charge in [-0.2, -0.15) is 0 Å². The largest absolute Gasteiger partial charge is 0.301 e. The number of hydrogen-bond acceptors (Lipinski definition) is 8. The van der Waals surface area contributed by atoms with Crippen molar-refractivity contribution in [2.45, 2.75) is 44.7 Å². The van der Waals surface area contributed by atoms with Crippen LogP contribution >= 0.6 is 34.4 Å². The van der Waals surface area contributed by atoms with Gasteiger partial charge in [0.1, 0.15) is 9.84 Å². The van der Waals surface area contributed by atoms with Crippen LogP contribution in [0.3, 0.4) is 0 Å². The number of anilines is 1. The summed E-state index contributed by atoms with van der Waals surface area (Å²) in [5, 5.41) is 13.2. The molecule has 0 aromatic carbocycles. The van der Waals surface area contributed by atoms with Crippen LogP contribution in [0.25, 0.3) is 10.2 Å². The van der Waals surface area contributed by atoms with Crippen LogP contribution in [0, 0.1) is 5.92 Å². The molecule has 1 atom stereocenters. The van der Waals surface area contributed by atoms with Crippen molar-refractivity contribution in [2.75, 3.05) is 11.1 Å². The van der Waals surface area contributed by atoms with E-state index in [4.69, 9.17) is 0 Å². The lowest BCUT2D eigenvalue weighted by Crippen LogP contribution is -2.16. The van der Waals surface area contributed by atoms with Crippen LogP contribution in [0.15, 0.2) is 9.95 Å². The van der Waals surface area contributed by atoms with Gasteiger partial charge in [-0.15, -0.1) is 21.5 Å². The van der Waals surface area contributed by atoms with E-state index in [1.165, 1.54) is 33.5 Å². The molecular weight excluding hydrogens is 402 g/mol. The molecule has 3 heterocycles. The third-order valence-corrected chi connectivity index (χ3v) is 7.50. The molecule has 1 unspecified atom stereocenters. The zero-order valence-electron chi connectivity index (χ0n) is 15.0. The Labute approximate surface area is 168 Å². The first-order valence-electron chi connectivity index (χ1n) is 8.83. The van der Waals surface area contributed by atoms with Gasteiger partial charge in [0.15, 0.2) is 5.16 Å². The lowest BCUT2D eigenvalue weighted by molar-refractivity contribution is -0.113. The summed E-state index contributed by atoms with van der Waals surface area (Å²) in [5.74, 6) is 0.606. The number of amides is 1. The van der Waals surface area contributed by atoms with E-state index in [1.807, 2.05) is 6.92 Å². The monoisotopic (exact) mass is 421 g/mol. The van der Waals surface area contributed by atoms with Gasteiger partial charge >= 0.3 is 0 Å². The number of nitrogens with one attached hydrogen (secondary N) is 2. The van der Waals surface area contributed by atoms with Gasteiger partial charge in [-0.3, -0.25) is 14.9 Å². The minimum absolute atomic E-state index is 0.105. The van der Waals surface area contributed by atoms with E-state index >= 15 is 0 Å². The molecule has 0 radical (unpaired) electrons. The molecule has 2 N–H and O–H groups in total. The Morgan fingerprint density at radius 2 is 2.22 bits per heavy atom. The maximum absolute atomic E-state index is 12.6. The lowest BCUT2D eigenvalue weighted by Gasteiger charge is -2.17. The van der Waals surface area contributed by atoms with E-state index in [0.717, 1.165) is 40.9 Å². The number of aromatic nitrogens is 4. The summed E-state index contributed by atoms with van der Waals surface area (Å²) < 4.78 is 0. The maximum Gasteiger partial charge on any atom is 0.260 e. The smallest absolute Gasteiger partial charge is 0.260 e. The molecule has 10 heteroatoms. The number of nitrogens with zero attached hydrogens (tertiary/aromatic N) is 3. The van der Waals surface area contributed by atoms with Crippen LogP contribution < -0.4 is 10.9 Å². The third kappa shape index (κ3) is 3.92. The highest BCUT2D eigenvalue weighted by Gasteiger charge is 2.23. The Hall–Kier alpha value is -1.78. The molecule has 0 fully saturated rings. The summed E-state index contributed by atoms with van der Waals surface area (Å²) in [4.78, 5) is 34.2. The van der Waals surface area contributed by atoms with Crippen LogP contribution in [0.1, 0.15) is 35.7 Å². The van der Waals surface area contributed by atoms with Crippen molar-refractivity contribution < 1.29 is 4.79 Å². The number of carbonyl (C=O) groups is 1. The van der Waals surface area contributed by atoms with Gasteiger partial charge in [0.2, 0.25) is 11.0 Å². The molecule has 3 aromatic heterocycles. The Morgan fingerprint density at radius 1 is 1.37 bits per heavy atom. The number of hydrogen-bond donors (Lipinski definition) is 2. The van der Waals surface area contributed by atoms with Crippen molar-refractivity contribution >= 4 is 55.7 Å². The third-order valence-electron chi connectivity index (χ3n) is 4.50. The summed E-state index contributed by atoms with van der Waals surface area (Å²) in [6.45, 7) is 4.23. The predicted molar refractivity (Wildman–Crippen MR) is 110 cm³/mol. The standard InChI is InChI=1S/C17H19N5O2S3/c1-3-12-21-22-17(27-12)18-11(23)7-25-16-19-14(24)13-9-5-4-8(2)6-10(9)26-15(13)20-16/h8H,3-7H2,1-2H3,(H,18,22,23)(H,19,20,24). The number of fused-ring (bicyclic) bond motifs is 3. The van der Waals surface area contributed by atoms with Gasteiger partial charge in [0.05, 0.1) is 11.1 Å². The van der Waals surface area contributed by atoms with E-state index in [2.05, 4.69) is 32.4 Å². The van der Waals surface area contributed by atoms with Crippen LogP contribution in [-0.2, 0) is 24.1 Å². The quantitative estimate of drug-likeness (QED) is 0.484. The normalized spacial score (nSPS) is 16.4. The van der Waals surface area contributed by atoms with Gasteiger partial charge in [-0.05, 0) is 37.2 Å². The number of aromatic amines is 1. The Bertz CT molecular complexity index is 1050. The number of carbonyl (C=O) groups excluding carboxylic acids is 1. The maximum atomic E-state index is 12.6.